The van der Waals surface area contributed by atoms with Crippen molar-refractivity contribution in [1.82, 2.24) is 10.3 Å². The molecule has 108 valence electrons. The Morgan fingerprint density at radius 3 is 2.90 bits per heavy atom. The van der Waals surface area contributed by atoms with Crippen LogP contribution in [-0.4, -0.2) is 17.9 Å². The van der Waals surface area contributed by atoms with Gasteiger partial charge in [-0.3, -0.25) is 4.79 Å². The van der Waals surface area contributed by atoms with Crippen LogP contribution in [-0.2, 0) is 6.42 Å². The molecule has 1 aromatic carbocycles. The predicted octanol–water partition coefficient (Wildman–Crippen LogP) is 2.93. The van der Waals surface area contributed by atoms with Crippen LogP contribution < -0.4 is 10.6 Å². The monoisotopic (exact) mass is 281 g/mol. The summed E-state index contributed by atoms with van der Waals surface area (Å²) < 4.78 is 0. The molecule has 0 fully saturated rings. The van der Waals surface area contributed by atoms with Gasteiger partial charge in [0, 0.05) is 7.05 Å². The smallest absolute Gasteiger partial charge is 0.270 e. The second-order valence-corrected chi connectivity index (χ2v) is 5.28. The van der Waals surface area contributed by atoms with E-state index in [0.29, 0.717) is 11.5 Å². The van der Waals surface area contributed by atoms with Crippen molar-refractivity contribution in [2.45, 2.75) is 25.3 Å². The first-order valence-electron chi connectivity index (χ1n) is 7.31. The quantitative estimate of drug-likeness (QED) is 0.909. The lowest BCUT2D eigenvalue weighted by molar-refractivity contribution is 0.0928. The highest BCUT2D eigenvalue weighted by Crippen LogP contribution is 2.29. The fourth-order valence-corrected chi connectivity index (χ4v) is 2.84. The normalized spacial score (nSPS) is 16.9. The van der Waals surface area contributed by atoms with E-state index >= 15 is 0 Å². The molecule has 21 heavy (non-hydrogen) atoms. The van der Waals surface area contributed by atoms with Crippen molar-refractivity contribution in [2.24, 2.45) is 0 Å². The van der Waals surface area contributed by atoms with Crippen molar-refractivity contribution < 1.29 is 4.79 Å². The molecule has 1 atom stereocenters. The number of aryl methyl sites for hydroxylation is 1. The fraction of sp³-hybridized carbons (Fsp3) is 0.294. The van der Waals surface area contributed by atoms with Crippen molar-refractivity contribution in [2.75, 3.05) is 12.4 Å². The van der Waals surface area contributed by atoms with Gasteiger partial charge in [-0.1, -0.05) is 30.3 Å². The molecule has 0 saturated heterocycles. The van der Waals surface area contributed by atoms with E-state index < -0.39 is 0 Å². The minimum atomic E-state index is -0.117. The first kappa shape index (κ1) is 13.6. The molecule has 1 aliphatic rings. The van der Waals surface area contributed by atoms with Gasteiger partial charge in [0.25, 0.3) is 5.91 Å². The minimum absolute atomic E-state index is 0.0856. The zero-order valence-corrected chi connectivity index (χ0v) is 12.1. The zero-order chi connectivity index (χ0) is 14.7. The van der Waals surface area contributed by atoms with Gasteiger partial charge in [-0.2, -0.15) is 0 Å². The maximum Gasteiger partial charge on any atom is 0.270 e. The van der Waals surface area contributed by atoms with E-state index in [0.717, 1.165) is 19.3 Å². The molecule has 2 N–H and O–H groups in total. The van der Waals surface area contributed by atoms with E-state index in [4.69, 9.17) is 0 Å². The van der Waals surface area contributed by atoms with Crippen molar-refractivity contribution >= 4 is 11.7 Å². The summed E-state index contributed by atoms with van der Waals surface area (Å²) in [6.07, 6.45) is 3.18. The van der Waals surface area contributed by atoms with Gasteiger partial charge < -0.3 is 10.6 Å². The van der Waals surface area contributed by atoms with Crippen LogP contribution in [0.1, 0.15) is 40.5 Å². The van der Waals surface area contributed by atoms with Crippen molar-refractivity contribution in [1.29, 1.82) is 0 Å². The van der Waals surface area contributed by atoms with Crippen LogP contribution >= 0.6 is 0 Å². The van der Waals surface area contributed by atoms with E-state index in [-0.39, 0.29) is 11.9 Å². The predicted molar refractivity (Wildman–Crippen MR) is 83.4 cm³/mol. The molecule has 3 rings (SSSR count). The summed E-state index contributed by atoms with van der Waals surface area (Å²) in [6.45, 7) is 0. The Hall–Kier alpha value is -2.36. The molecule has 1 amide bonds. The molecular formula is C17H19N3O. The summed E-state index contributed by atoms with van der Waals surface area (Å²) in [5, 5.41) is 6.06. The highest BCUT2D eigenvalue weighted by atomic mass is 16.1. The van der Waals surface area contributed by atoms with E-state index in [1.807, 2.05) is 18.2 Å². The summed E-state index contributed by atoms with van der Waals surface area (Å²) in [7, 11) is 1.79. The number of carbonyl (C=O) groups is 1. The Morgan fingerprint density at radius 2 is 2.05 bits per heavy atom. The lowest BCUT2D eigenvalue weighted by atomic mass is 9.87. The number of anilines is 1. The lowest BCUT2D eigenvalue weighted by Gasteiger charge is -2.26. The number of benzene rings is 1. The number of pyridine rings is 1. The molecule has 0 spiro atoms. The van der Waals surface area contributed by atoms with E-state index in [1.54, 1.807) is 13.1 Å². The van der Waals surface area contributed by atoms with Gasteiger partial charge in [0.05, 0.1) is 6.04 Å². The number of carbonyl (C=O) groups excluding carboxylic acids is 1. The molecule has 4 heteroatoms. The number of amides is 1. The van der Waals surface area contributed by atoms with Crippen LogP contribution in [0.3, 0.4) is 0 Å². The minimum Gasteiger partial charge on any atom is -0.373 e. The van der Waals surface area contributed by atoms with Crippen LogP contribution in [0, 0.1) is 0 Å². The fourth-order valence-electron chi connectivity index (χ4n) is 2.84. The average molecular weight is 281 g/mol. The number of nitrogens with zero attached hydrogens (tertiary/aromatic N) is 1. The van der Waals surface area contributed by atoms with Gasteiger partial charge >= 0.3 is 0 Å². The number of rotatable bonds is 3. The number of fused-ring (bicyclic) bond motifs is 1. The first-order valence-corrected chi connectivity index (χ1v) is 7.31. The summed E-state index contributed by atoms with van der Waals surface area (Å²) in [5.74, 6) is 0.584. The van der Waals surface area contributed by atoms with Gasteiger partial charge in [0.2, 0.25) is 0 Å². The third-order valence-corrected chi connectivity index (χ3v) is 3.91. The highest BCUT2D eigenvalue weighted by molar-refractivity contribution is 5.93. The maximum absolute atomic E-state index is 12.4. The van der Waals surface area contributed by atoms with E-state index in [9.17, 15) is 4.79 Å². The van der Waals surface area contributed by atoms with Crippen molar-refractivity contribution in [3.63, 3.8) is 0 Å². The Morgan fingerprint density at radius 1 is 1.19 bits per heavy atom. The first-order chi connectivity index (χ1) is 10.3. The van der Waals surface area contributed by atoms with Gasteiger partial charge in [0.15, 0.2) is 0 Å². The average Bonchev–Trinajstić information content (AvgIpc) is 2.55. The lowest BCUT2D eigenvalue weighted by Crippen LogP contribution is -2.31. The molecule has 0 radical (unpaired) electrons. The zero-order valence-electron chi connectivity index (χ0n) is 12.1. The summed E-state index contributed by atoms with van der Waals surface area (Å²) in [6, 6.07) is 13.8. The Kier molecular flexibility index (Phi) is 3.86. The third-order valence-electron chi connectivity index (χ3n) is 3.91. The van der Waals surface area contributed by atoms with Crippen molar-refractivity contribution in [3.05, 3.63) is 59.3 Å². The molecule has 4 nitrogen and oxygen atoms in total. The molecule has 1 aromatic heterocycles. The molecule has 1 aliphatic carbocycles. The largest absolute Gasteiger partial charge is 0.373 e. The molecule has 0 aliphatic heterocycles. The van der Waals surface area contributed by atoms with Gasteiger partial charge in [-0.25, -0.2) is 4.98 Å². The SMILES string of the molecule is CNc1cccc(C(=O)NC2CCCc3ccccc32)n1. The second kappa shape index (κ2) is 5.95. The second-order valence-electron chi connectivity index (χ2n) is 5.28. The Balaban J connectivity index is 1.79. The molecule has 1 unspecified atom stereocenters. The number of hydrogen-bond donors (Lipinski definition) is 2. The van der Waals surface area contributed by atoms with Gasteiger partial charge in [-0.05, 0) is 42.5 Å². The molecular weight excluding hydrogens is 262 g/mol. The molecule has 2 aromatic rings. The van der Waals surface area contributed by atoms with Crippen molar-refractivity contribution in [3.8, 4) is 0 Å². The van der Waals surface area contributed by atoms with Crippen LogP contribution in [0.2, 0.25) is 0 Å². The third kappa shape index (κ3) is 2.89. The molecule has 0 saturated carbocycles. The topological polar surface area (TPSA) is 54.0 Å². The van der Waals surface area contributed by atoms with E-state index in [1.165, 1.54) is 11.1 Å². The number of hydrogen-bond acceptors (Lipinski definition) is 3. The molecule has 1 heterocycles. The standard InChI is InChI=1S/C17H19N3O/c1-18-16-11-5-10-15(19-16)17(21)20-14-9-4-7-12-6-2-3-8-13(12)14/h2-3,5-6,8,10-11,14H,4,7,9H2,1H3,(H,18,19)(H,20,21). The number of aromatic nitrogens is 1. The highest BCUT2D eigenvalue weighted by Gasteiger charge is 2.22. The summed E-state index contributed by atoms with van der Waals surface area (Å²) in [4.78, 5) is 16.7. The maximum atomic E-state index is 12.4. The Bertz CT molecular complexity index is 654. The van der Waals surface area contributed by atoms with Crippen LogP contribution in [0.4, 0.5) is 5.82 Å². The number of nitrogens with one attached hydrogen (secondary N) is 2. The summed E-state index contributed by atoms with van der Waals surface area (Å²) >= 11 is 0. The summed E-state index contributed by atoms with van der Waals surface area (Å²) in [5.41, 5.74) is 3.03. The van der Waals surface area contributed by atoms with Crippen LogP contribution in [0.15, 0.2) is 42.5 Å². The van der Waals surface area contributed by atoms with Crippen LogP contribution in [0.25, 0.3) is 0 Å². The van der Waals surface area contributed by atoms with Gasteiger partial charge in [0.1, 0.15) is 11.5 Å². The van der Waals surface area contributed by atoms with Gasteiger partial charge in [-0.15, -0.1) is 0 Å². The van der Waals surface area contributed by atoms with E-state index in [2.05, 4.69) is 33.8 Å². The molecule has 0 bridgehead atoms. The van der Waals surface area contributed by atoms with Crippen LogP contribution in [0.5, 0.6) is 0 Å². The Labute approximate surface area is 124 Å².